The lowest BCUT2D eigenvalue weighted by atomic mass is 10.1. The molecule has 0 atom stereocenters. The summed E-state index contributed by atoms with van der Waals surface area (Å²) in [5.41, 5.74) is 8.90. The SMILES string of the molecule is NC(=Nc1ccc(F)cc1)SCc1ccc(/C=C/c2c(F)cccc2Cl)cc1. The first-order chi connectivity index (χ1) is 13.5. The minimum Gasteiger partial charge on any atom is -0.378 e. The Labute approximate surface area is 171 Å². The Kier molecular flexibility index (Phi) is 6.85. The molecule has 28 heavy (non-hydrogen) atoms. The molecule has 0 bridgehead atoms. The Hall–Kier alpha value is -2.63. The molecule has 0 aromatic heterocycles. The summed E-state index contributed by atoms with van der Waals surface area (Å²) in [5, 5.41) is 0.782. The molecular weight excluding hydrogens is 398 g/mol. The van der Waals surface area contributed by atoms with Crippen molar-refractivity contribution in [3.05, 3.63) is 100 Å². The Bertz CT molecular complexity index is 980. The van der Waals surface area contributed by atoms with E-state index in [1.165, 1.54) is 30.0 Å². The molecule has 2 N–H and O–H groups in total. The second-order valence-corrected chi connectivity index (χ2v) is 7.33. The average molecular weight is 415 g/mol. The Morgan fingerprint density at radius 3 is 2.36 bits per heavy atom. The molecule has 0 spiro atoms. The van der Waals surface area contributed by atoms with Crippen molar-refractivity contribution in [2.75, 3.05) is 0 Å². The normalized spacial score (nSPS) is 11.9. The number of hydrogen-bond donors (Lipinski definition) is 1. The fourth-order valence-corrected chi connectivity index (χ4v) is 3.31. The fourth-order valence-electron chi connectivity index (χ4n) is 2.41. The highest BCUT2D eigenvalue weighted by molar-refractivity contribution is 8.13. The van der Waals surface area contributed by atoms with Gasteiger partial charge in [-0.15, -0.1) is 0 Å². The number of aliphatic imine (C=N–C) groups is 1. The van der Waals surface area contributed by atoms with Gasteiger partial charge in [0, 0.05) is 11.3 Å². The summed E-state index contributed by atoms with van der Waals surface area (Å²) in [6.07, 6.45) is 3.47. The van der Waals surface area contributed by atoms with Crippen LogP contribution in [0.5, 0.6) is 0 Å². The largest absolute Gasteiger partial charge is 0.378 e. The highest BCUT2D eigenvalue weighted by Gasteiger charge is 2.03. The molecule has 0 unspecified atom stereocenters. The Morgan fingerprint density at radius 2 is 1.68 bits per heavy atom. The standard InChI is InChI=1S/C22H17ClF2N2S/c23-20-2-1-3-21(25)19(20)13-8-15-4-6-16(7-5-15)14-28-22(26)27-18-11-9-17(24)10-12-18/h1-13H,14H2,(H2,26,27)/b13-8+. The van der Waals surface area contributed by atoms with Crippen LogP contribution in [0.3, 0.4) is 0 Å². The number of nitrogens with zero attached hydrogens (tertiary/aromatic N) is 1. The van der Waals surface area contributed by atoms with Crippen LogP contribution in [0.1, 0.15) is 16.7 Å². The molecule has 0 aliphatic carbocycles. The van der Waals surface area contributed by atoms with Crippen molar-refractivity contribution in [3.63, 3.8) is 0 Å². The zero-order valence-corrected chi connectivity index (χ0v) is 16.4. The first-order valence-electron chi connectivity index (χ1n) is 8.45. The van der Waals surface area contributed by atoms with Gasteiger partial charge in [0.2, 0.25) is 0 Å². The van der Waals surface area contributed by atoms with Crippen LogP contribution >= 0.6 is 23.4 Å². The molecule has 0 saturated carbocycles. The van der Waals surface area contributed by atoms with Crippen molar-refractivity contribution in [3.8, 4) is 0 Å². The zero-order chi connectivity index (χ0) is 19.9. The molecule has 3 aromatic carbocycles. The van der Waals surface area contributed by atoms with Crippen LogP contribution in [0.15, 0.2) is 71.7 Å². The molecule has 142 valence electrons. The lowest BCUT2D eigenvalue weighted by Gasteiger charge is -2.03. The van der Waals surface area contributed by atoms with E-state index in [4.69, 9.17) is 17.3 Å². The number of nitrogens with two attached hydrogens (primary N) is 1. The van der Waals surface area contributed by atoms with E-state index in [2.05, 4.69) is 4.99 Å². The fraction of sp³-hybridized carbons (Fsp3) is 0.0455. The van der Waals surface area contributed by atoms with Crippen molar-refractivity contribution in [2.24, 2.45) is 10.7 Å². The van der Waals surface area contributed by atoms with Crippen molar-refractivity contribution < 1.29 is 8.78 Å². The number of benzene rings is 3. The molecule has 0 fully saturated rings. The highest BCUT2D eigenvalue weighted by Crippen LogP contribution is 2.22. The Balaban J connectivity index is 1.60. The summed E-state index contributed by atoms with van der Waals surface area (Å²) in [6.45, 7) is 0. The number of halogens is 3. The molecular formula is C22H17ClF2N2S. The maximum absolute atomic E-state index is 13.8. The minimum atomic E-state index is -0.354. The summed E-state index contributed by atoms with van der Waals surface area (Å²) in [6, 6.07) is 18.3. The second kappa shape index (κ2) is 9.53. The van der Waals surface area contributed by atoms with Gasteiger partial charge in [-0.25, -0.2) is 13.8 Å². The molecule has 0 saturated heterocycles. The van der Waals surface area contributed by atoms with Gasteiger partial charge in [0.25, 0.3) is 0 Å². The van der Waals surface area contributed by atoms with E-state index in [0.717, 1.165) is 11.1 Å². The van der Waals surface area contributed by atoms with Crippen LogP contribution in [-0.4, -0.2) is 5.17 Å². The van der Waals surface area contributed by atoms with Crippen molar-refractivity contribution in [1.29, 1.82) is 0 Å². The third-order valence-electron chi connectivity index (χ3n) is 3.87. The van der Waals surface area contributed by atoms with Gasteiger partial charge >= 0.3 is 0 Å². The van der Waals surface area contributed by atoms with E-state index in [9.17, 15) is 8.78 Å². The number of rotatable bonds is 5. The lowest BCUT2D eigenvalue weighted by molar-refractivity contribution is 0.625. The van der Waals surface area contributed by atoms with E-state index < -0.39 is 0 Å². The van der Waals surface area contributed by atoms with E-state index in [1.807, 2.05) is 30.3 Å². The Morgan fingerprint density at radius 1 is 0.964 bits per heavy atom. The third kappa shape index (κ3) is 5.68. The first-order valence-corrected chi connectivity index (χ1v) is 9.81. The van der Waals surface area contributed by atoms with E-state index in [1.54, 1.807) is 30.3 Å². The summed E-state index contributed by atoms with van der Waals surface area (Å²) < 4.78 is 26.7. The van der Waals surface area contributed by atoms with Crippen molar-refractivity contribution in [2.45, 2.75) is 5.75 Å². The maximum Gasteiger partial charge on any atom is 0.159 e. The van der Waals surface area contributed by atoms with E-state index in [-0.39, 0.29) is 11.6 Å². The van der Waals surface area contributed by atoms with Crippen LogP contribution in [0, 0.1) is 11.6 Å². The minimum absolute atomic E-state index is 0.309. The predicted molar refractivity (Wildman–Crippen MR) is 116 cm³/mol. The van der Waals surface area contributed by atoms with E-state index >= 15 is 0 Å². The second-order valence-electron chi connectivity index (χ2n) is 5.93. The zero-order valence-electron chi connectivity index (χ0n) is 14.8. The average Bonchev–Trinajstić information content (AvgIpc) is 2.69. The number of amidine groups is 1. The molecule has 0 heterocycles. The molecule has 0 aliphatic rings. The predicted octanol–water partition coefficient (Wildman–Crippen LogP) is 6.67. The van der Waals surface area contributed by atoms with Gasteiger partial charge in [0.1, 0.15) is 11.6 Å². The lowest BCUT2D eigenvalue weighted by Crippen LogP contribution is -2.06. The third-order valence-corrected chi connectivity index (χ3v) is 5.07. The van der Waals surface area contributed by atoms with Crippen molar-refractivity contribution >= 4 is 46.4 Å². The van der Waals surface area contributed by atoms with Gasteiger partial charge in [-0.05, 0) is 53.6 Å². The van der Waals surface area contributed by atoms with Crippen molar-refractivity contribution in [1.82, 2.24) is 0 Å². The molecule has 3 rings (SSSR count). The maximum atomic E-state index is 13.8. The molecule has 0 aliphatic heterocycles. The van der Waals surface area contributed by atoms with Gasteiger partial charge in [-0.2, -0.15) is 0 Å². The van der Waals surface area contributed by atoms with Crippen LogP contribution in [0.4, 0.5) is 14.5 Å². The van der Waals surface area contributed by atoms with Crippen LogP contribution in [0.2, 0.25) is 5.02 Å². The summed E-state index contributed by atoms with van der Waals surface area (Å²) in [4.78, 5) is 4.24. The van der Waals surface area contributed by atoms with Crippen LogP contribution in [-0.2, 0) is 5.75 Å². The van der Waals surface area contributed by atoms with Crippen LogP contribution in [0.25, 0.3) is 12.2 Å². The number of thioether (sulfide) groups is 1. The molecule has 3 aromatic rings. The summed E-state index contributed by atoms with van der Waals surface area (Å²) in [7, 11) is 0. The molecule has 0 radical (unpaired) electrons. The highest BCUT2D eigenvalue weighted by atomic mass is 35.5. The van der Waals surface area contributed by atoms with Crippen LogP contribution < -0.4 is 5.73 Å². The quantitative estimate of drug-likeness (QED) is 0.287. The molecule has 0 amide bonds. The molecule has 6 heteroatoms. The van der Waals surface area contributed by atoms with Gasteiger partial charge < -0.3 is 5.73 Å². The van der Waals surface area contributed by atoms with Gasteiger partial charge in [-0.1, -0.05) is 59.8 Å². The monoisotopic (exact) mass is 414 g/mol. The number of hydrogen-bond acceptors (Lipinski definition) is 2. The summed E-state index contributed by atoms with van der Waals surface area (Å²) in [5.74, 6) is -0.0103. The summed E-state index contributed by atoms with van der Waals surface area (Å²) >= 11 is 7.42. The van der Waals surface area contributed by atoms with Gasteiger partial charge in [0.05, 0.1) is 10.7 Å². The topological polar surface area (TPSA) is 38.4 Å². The first kappa shape index (κ1) is 20.1. The smallest absolute Gasteiger partial charge is 0.159 e. The van der Waals surface area contributed by atoms with E-state index in [0.29, 0.717) is 27.2 Å². The van der Waals surface area contributed by atoms with Gasteiger partial charge in [-0.3, -0.25) is 0 Å². The molecule has 2 nitrogen and oxygen atoms in total. The van der Waals surface area contributed by atoms with Gasteiger partial charge in [0.15, 0.2) is 5.17 Å².